The van der Waals surface area contributed by atoms with E-state index in [4.69, 9.17) is 0 Å². The van der Waals surface area contributed by atoms with Gasteiger partial charge in [0.25, 0.3) is 0 Å². The van der Waals surface area contributed by atoms with Crippen LogP contribution in [0.4, 0.5) is 13.2 Å². The largest absolute Gasteiger partial charge is 0.416 e. The second-order valence-corrected chi connectivity index (χ2v) is 9.43. The lowest BCUT2D eigenvalue weighted by molar-refractivity contribution is -0.137. The molecule has 0 saturated heterocycles. The molecule has 1 heterocycles. The van der Waals surface area contributed by atoms with E-state index in [9.17, 15) is 18.0 Å². The van der Waals surface area contributed by atoms with Crippen molar-refractivity contribution in [1.29, 1.82) is 0 Å². The first-order valence-corrected chi connectivity index (χ1v) is 10.8. The summed E-state index contributed by atoms with van der Waals surface area (Å²) in [6.07, 6.45) is 2.03. The molecule has 1 aromatic carbocycles. The number of nitrogens with one attached hydrogen (secondary N) is 1. The monoisotopic (exact) mass is 446 g/mol. The van der Waals surface area contributed by atoms with Gasteiger partial charge in [0.05, 0.1) is 11.3 Å². The van der Waals surface area contributed by atoms with Gasteiger partial charge in [-0.3, -0.25) is 4.79 Å². The zero-order chi connectivity index (χ0) is 24.3. The molecule has 2 rings (SSSR count). The van der Waals surface area contributed by atoms with Gasteiger partial charge in [0.2, 0.25) is 5.91 Å². The average Bonchev–Trinajstić information content (AvgIpc) is 2.67. The first-order chi connectivity index (χ1) is 14.7. The Kier molecular flexibility index (Phi) is 7.81. The quantitative estimate of drug-likeness (QED) is 0.499. The molecule has 1 atom stereocenters. The Morgan fingerprint density at radius 1 is 1.22 bits per heavy atom. The lowest BCUT2D eigenvalue weighted by Crippen LogP contribution is -2.33. The van der Waals surface area contributed by atoms with Crippen LogP contribution in [0.5, 0.6) is 0 Å². The molecule has 0 radical (unpaired) electrons. The van der Waals surface area contributed by atoms with Crippen molar-refractivity contribution in [2.45, 2.75) is 60.6 Å². The van der Waals surface area contributed by atoms with Crippen molar-refractivity contribution in [3.05, 3.63) is 77.3 Å². The molecule has 1 unspecified atom stereocenters. The van der Waals surface area contributed by atoms with Crippen molar-refractivity contribution >= 4 is 11.6 Å². The molecule has 1 amide bonds. The van der Waals surface area contributed by atoms with Crippen LogP contribution in [0.1, 0.15) is 65.5 Å². The van der Waals surface area contributed by atoms with Gasteiger partial charge in [0, 0.05) is 29.1 Å². The molecule has 32 heavy (non-hydrogen) atoms. The zero-order valence-corrected chi connectivity index (χ0v) is 19.7. The molecule has 0 bridgehead atoms. The Morgan fingerprint density at radius 2 is 1.88 bits per heavy atom. The Bertz CT molecular complexity index is 962. The molecule has 6 heteroatoms. The Morgan fingerprint density at radius 3 is 2.41 bits per heavy atom. The zero-order valence-electron chi connectivity index (χ0n) is 19.7. The van der Waals surface area contributed by atoms with E-state index in [2.05, 4.69) is 11.9 Å². The number of alkyl halides is 3. The topological polar surface area (TPSA) is 32.3 Å². The maximum Gasteiger partial charge on any atom is 0.416 e. The van der Waals surface area contributed by atoms with Gasteiger partial charge < -0.3 is 10.2 Å². The van der Waals surface area contributed by atoms with E-state index < -0.39 is 11.7 Å². The highest BCUT2D eigenvalue weighted by atomic mass is 19.4. The third kappa shape index (κ3) is 6.38. The molecule has 174 valence electrons. The fraction of sp³-hybridized carbons (Fsp3) is 0.423. The lowest BCUT2D eigenvalue weighted by Gasteiger charge is -2.34. The van der Waals surface area contributed by atoms with E-state index in [0.717, 1.165) is 17.8 Å². The van der Waals surface area contributed by atoms with Crippen LogP contribution in [0.15, 0.2) is 66.2 Å². The molecule has 1 aliphatic rings. The Balaban J connectivity index is 2.77. The molecule has 0 aromatic heterocycles. The van der Waals surface area contributed by atoms with E-state index >= 15 is 0 Å². The maximum atomic E-state index is 13.5. The fourth-order valence-corrected chi connectivity index (χ4v) is 3.54. The van der Waals surface area contributed by atoms with Crippen molar-refractivity contribution < 1.29 is 18.0 Å². The molecule has 1 N–H and O–H groups in total. The number of amides is 1. The van der Waals surface area contributed by atoms with Crippen molar-refractivity contribution in [2.24, 2.45) is 11.3 Å². The van der Waals surface area contributed by atoms with Gasteiger partial charge in [-0.2, -0.15) is 13.2 Å². The minimum Gasteiger partial charge on any atom is -0.327 e. The summed E-state index contributed by atoms with van der Waals surface area (Å²) in [6, 6.07) is 5.22. The summed E-state index contributed by atoms with van der Waals surface area (Å²) >= 11 is 0. The van der Waals surface area contributed by atoms with E-state index in [0.29, 0.717) is 35.5 Å². The Hall–Kier alpha value is -2.76. The summed E-state index contributed by atoms with van der Waals surface area (Å²) in [5.74, 6) is -0.271. The minimum absolute atomic E-state index is 0.102. The first-order valence-electron chi connectivity index (χ1n) is 10.8. The molecule has 3 nitrogen and oxygen atoms in total. The fourth-order valence-electron chi connectivity index (χ4n) is 3.54. The number of carbonyl (C=O) groups excluding carboxylic acids is 1. The third-order valence-electron chi connectivity index (χ3n) is 5.28. The molecule has 0 spiro atoms. The predicted octanol–water partition coefficient (Wildman–Crippen LogP) is 7.26. The van der Waals surface area contributed by atoms with Gasteiger partial charge in [-0.05, 0) is 49.0 Å². The van der Waals surface area contributed by atoms with Crippen molar-refractivity contribution in [3.8, 4) is 0 Å². The number of nitrogens with zero attached hydrogens (tertiary/aromatic N) is 1. The summed E-state index contributed by atoms with van der Waals surface area (Å²) < 4.78 is 40.5. The highest BCUT2D eigenvalue weighted by Crippen LogP contribution is 2.37. The van der Waals surface area contributed by atoms with Crippen molar-refractivity contribution in [2.75, 3.05) is 0 Å². The van der Waals surface area contributed by atoms with Crippen LogP contribution in [0.3, 0.4) is 0 Å². The molecule has 0 aliphatic carbocycles. The first kappa shape index (κ1) is 25.5. The number of hydrogen-bond donors (Lipinski definition) is 1. The van der Waals surface area contributed by atoms with Gasteiger partial charge in [-0.15, -0.1) is 0 Å². The molecular weight excluding hydrogens is 413 g/mol. The van der Waals surface area contributed by atoms with Gasteiger partial charge in [-0.1, -0.05) is 59.4 Å². The van der Waals surface area contributed by atoms with Gasteiger partial charge in [0.1, 0.15) is 0 Å². The van der Waals surface area contributed by atoms with Crippen LogP contribution in [-0.2, 0) is 11.0 Å². The second kappa shape index (κ2) is 9.80. The van der Waals surface area contributed by atoms with E-state index in [1.54, 1.807) is 12.1 Å². The third-order valence-corrected chi connectivity index (χ3v) is 5.28. The highest BCUT2D eigenvalue weighted by Gasteiger charge is 2.32. The predicted molar refractivity (Wildman–Crippen MR) is 124 cm³/mol. The number of halogens is 3. The summed E-state index contributed by atoms with van der Waals surface area (Å²) in [7, 11) is 0. The summed E-state index contributed by atoms with van der Waals surface area (Å²) in [6.45, 7) is 15.8. The summed E-state index contributed by atoms with van der Waals surface area (Å²) in [5, 5.41) is 3.04. The number of hydrogen-bond acceptors (Lipinski definition) is 2. The SMILES string of the molecule is C=C1C=CC=C(C)N1C(=C(NC(=O)CC(C)(C)C)C(C)CC)c1cccc(C(F)(F)F)c1. The van der Waals surface area contributed by atoms with Gasteiger partial charge in [0.15, 0.2) is 0 Å². The number of carbonyl (C=O) groups is 1. The normalized spacial score (nSPS) is 16.5. The van der Waals surface area contributed by atoms with Crippen LogP contribution in [0, 0.1) is 11.3 Å². The average molecular weight is 447 g/mol. The smallest absolute Gasteiger partial charge is 0.327 e. The lowest BCUT2D eigenvalue weighted by atomic mass is 9.91. The van der Waals surface area contributed by atoms with Crippen LogP contribution in [0.25, 0.3) is 5.70 Å². The standard InChI is InChI=1S/C26H33F3N2O/c1-8-17(2)23(30-22(32)16-25(5,6)7)24(31-18(3)11-9-12-19(31)4)20-13-10-14-21(15-20)26(27,28)29/h9-15,17H,3,8,16H2,1-2,4-7H3,(H,30,32). The summed E-state index contributed by atoms with van der Waals surface area (Å²) in [4.78, 5) is 14.7. The number of rotatable bonds is 6. The molecule has 1 aromatic rings. The van der Waals surface area contributed by atoms with E-state index in [1.165, 1.54) is 6.07 Å². The molecule has 0 fully saturated rings. The molecule has 1 aliphatic heterocycles. The van der Waals surface area contributed by atoms with Crippen molar-refractivity contribution in [1.82, 2.24) is 10.2 Å². The van der Waals surface area contributed by atoms with Crippen molar-refractivity contribution in [3.63, 3.8) is 0 Å². The van der Waals surface area contributed by atoms with Crippen LogP contribution < -0.4 is 5.32 Å². The van der Waals surface area contributed by atoms with Gasteiger partial charge in [-0.25, -0.2) is 0 Å². The van der Waals surface area contributed by atoms with E-state index in [1.807, 2.05) is 58.6 Å². The van der Waals surface area contributed by atoms with Crippen LogP contribution >= 0.6 is 0 Å². The highest BCUT2D eigenvalue weighted by molar-refractivity contribution is 5.82. The minimum atomic E-state index is -4.48. The molecule has 0 saturated carbocycles. The number of benzene rings is 1. The van der Waals surface area contributed by atoms with Gasteiger partial charge >= 0.3 is 6.18 Å². The maximum absolute atomic E-state index is 13.5. The molecular formula is C26H33F3N2O. The number of allylic oxidation sites excluding steroid dienone is 5. The summed E-state index contributed by atoms with van der Waals surface area (Å²) in [5.41, 5.74) is 1.92. The second-order valence-electron chi connectivity index (χ2n) is 9.43. The van der Waals surface area contributed by atoms with Crippen LogP contribution in [0.2, 0.25) is 0 Å². The Labute approximate surface area is 189 Å². The van der Waals surface area contributed by atoms with E-state index in [-0.39, 0.29) is 17.2 Å². The van der Waals surface area contributed by atoms with Crippen LogP contribution in [-0.4, -0.2) is 10.8 Å².